The Labute approximate surface area is 93.0 Å². The molecule has 5 heteroatoms. The molecule has 1 N–H and O–H groups in total. The van der Waals surface area contributed by atoms with Gasteiger partial charge in [-0.15, -0.1) is 16.8 Å². The fraction of sp³-hybridized carbons (Fsp3) is 0.556. The Morgan fingerprint density at radius 1 is 1.57 bits per heavy atom. The molecule has 0 aliphatic carbocycles. The lowest BCUT2D eigenvalue weighted by molar-refractivity contribution is 0.749. The Morgan fingerprint density at radius 3 is 3.00 bits per heavy atom. The topological polar surface area (TPSA) is 37.8 Å². The molecule has 3 nitrogen and oxygen atoms in total. The van der Waals surface area contributed by atoms with Crippen molar-refractivity contribution in [1.29, 1.82) is 0 Å². The molecule has 0 aliphatic heterocycles. The number of hydrogen-bond donors (Lipinski definition) is 1. The van der Waals surface area contributed by atoms with Crippen LogP contribution in [0.25, 0.3) is 0 Å². The van der Waals surface area contributed by atoms with E-state index in [-0.39, 0.29) is 0 Å². The summed E-state index contributed by atoms with van der Waals surface area (Å²) in [6.45, 7) is 8.77. The molecule has 0 saturated carbocycles. The summed E-state index contributed by atoms with van der Waals surface area (Å²) < 4.78 is 1.03. The normalized spacial score (nSPS) is 10.5. The highest BCUT2D eigenvalue weighted by Gasteiger charge is 2.04. The first kappa shape index (κ1) is 11.5. The van der Waals surface area contributed by atoms with E-state index in [0.29, 0.717) is 5.92 Å². The number of thioether (sulfide) groups is 1. The Morgan fingerprint density at radius 2 is 2.36 bits per heavy atom. The van der Waals surface area contributed by atoms with E-state index in [4.69, 9.17) is 0 Å². The summed E-state index contributed by atoms with van der Waals surface area (Å²) in [6.07, 6.45) is 1.81. The minimum Gasteiger partial charge on any atom is -0.357 e. The lowest BCUT2D eigenvalue weighted by Crippen LogP contribution is -1.96. The molecule has 0 fully saturated rings. The van der Waals surface area contributed by atoms with Gasteiger partial charge >= 0.3 is 0 Å². The smallest absolute Gasteiger partial charge is 0.206 e. The van der Waals surface area contributed by atoms with Gasteiger partial charge in [0.15, 0.2) is 4.34 Å². The number of nitrogens with one attached hydrogen (secondary N) is 1. The van der Waals surface area contributed by atoms with Crippen LogP contribution in [0.2, 0.25) is 0 Å². The zero-order valence-electron chi connectivity index (χ0n) is 8.49. The SMILES string of the molecule is C=CCNc1nnc(SCC(C)C)s1. The first-order valence-electron chi connectivity index (χ1n) is 4.53. The van der Waals surface area contributed by atoms with Crippen LogP contribution >= 0.6 is 23.1 Å². The van der Waals surface area contributed by atoms with Crippen LogP contribution in [0.5, 0.6) is 0 Å². The summed E-state index contributed by atoms with van der Waals surface area (Å²) in [5, 5.41) is 12.1. The highest BCUT2D eigenvalue weighted by atomic mass is 32.2. The predicted molar refractivity (Wildman–Crippen MR) is 64.2 cm³/mol. The molecule has 1 rings (SSSR count). The number of hydrogen-bond acceptors (Lipinski definition) is 5. The van der Waals surface area contributed by atoms with Gasteiger partial charge in [0.05, 0.1) is 0 Å². The molecule has 0 atom stereocenters. The van der Waals surface area contributed by atoms with E-state index in [1.54, 1.807) is 23.1 Å². The van der Waals surface area contributed by atoms with Gasteiger partial charge in [-0.1, -0.05) is 43.0 Å². The second kappa shape index (κ2) is 6.03. The van der Waals surface area contributed by atoms with Crippen LogP contribution in [0.4, 0.5) is 5.13 Å². The first-order valence-corrected chi connectivity index (χ1v) is 6.33. The second-order valence-electron chi connectivity index (χ2n) is 3.25. The lowest BCUT2D eigenvalue weighted by Gasteiger charge is -1.99. The maximum atomic E-state index is 4.08. The highest BCUT2D eigenvalue weighted by molar-refractivity contribution is 8.01. The number of anilines is 1. The van der Waals surface area contributed by atoms with Crippen LogP contribution in [0, 0.1) is 5.92 Å². The van der Waals surface area contributed by atoms with Gasteiger partial charge in [0.2, 0.25) is 5.13 Å². The van der Waals surface area contributed by atoms with Gasteiger partial charge in [0.1, 0.15) is 0 Å². The largest absolute Gasteiger partial charge is 0.357 e. The molecule has 1 aromatic heterocycles. The van der Waals surface area contributed by atoms with Crippen molar-refractivity contribution in [1.82, 2.24) is 10.2 Å². The summed E-state index contributed by atoms with van der Waals surface area (Å²) in [7, 11) is 0. The summed E-state index contributed by atoms with van der Waals surface area (Å²) >= 11 is 3.36. The van der Waals surface area contributed by atoms with E-state index >= 15 is 0 Å². The molecule has 0 radical (unpaired) electrons. The maximum Gasteiger partial charge on any atom is 0.206 e. The molecule has 0 aromatic carbocycles. The van der Waals surface area contributed by atoms with Crippen molar-refractivity contribution in [3.05, 3.63) is 12.7 Å². The van der Waals surface area contributed by atoms with Gasteiger partial charge in [-0.2, -0.15) is 0 Å². The molecule has 0 bridgehead atoms. The van der Waals surface area contributed by atoms with Gasteiger partial charge in [0, 0.05) is 12.3 Å². The summed E-state index contributed by atoms with van der Waals surface area (Å²) in [5.74, 6) is 1.78. The Kier molecular flexibility index (Phi) is 4.97. The molecule has 0 amide bonds. The summed E-state index contributed by atoms with van der Waals surface area (Å²) in [6, 6.07) is 0. The van der Waals surface area contributed by atoms with Crippen molar-refractivity contribution in [3.8, 4) is 0 Å². The van der Waals surface area contributed by atoms with Crippen LogP contribution in [0.15, 0.2) is 17.0 Å². The van der Waals surface area contributed by atoms with Crippen molar-refractivity contribution in [2.24, 2.45) is 5.92 Å². The third kappa shape index (κ3) is 4.11. The van der Waals surface area contributed by atoms with Gasteiger partial charge < -0.3 is 5.32 Å². The zero-order chi connectivity index (χ0) is 10.4. The second-order valence-corrected chi connectivity index (χ2v) is 5.49. The molecule has 1 heterocycles. The average Bonchev–Trinajstić information content (AvgIpc) is 2.59. The van der Waals surface area contributed by atoms with E-state index in [1.165, 1.54) is 0 Å². The van der Waals surface area contributed by atoms with Gasteiger partial charge in [-0.25, -0.2) is 0 Å². The molecular weight excluding hydrogens is 214 g/mol. The Balaban J connectivity index is 2.38. The average molecular weight is 229 g/mol. The minimum atomic E-state index is 0.688. The monoisotopic (exact) mass is 229 g/mol. The van der Waals surface area contributed by atoms with Crippen molar-refractivity contribution >= 4 is 28.2 Å². The minimum absolute atomic E-state index is 0.688. The van der Waals surface area contributed by atoms with Crippen LogP contribution in [0.1, 0.15) is 13.8 Å². The Hall–Kier alpha value is -0.550. The van der Waals surface area contributed by atoms with Crippen molar-refractivity contribution in [3.63, 3.8) is 0 Å². The summed E-state index contributed by atoms with van der Waals surface area (Å²) in [4.78, 5) is 0. The van der Waals surface area contributed by atoms with Crippen molar-refractivity contribution < 1.29 is 0 Å². The van der Waals surface area contributed by atoms with E-state index in [1.807, 2.05) is 6.08 Å². The number of aromatic nitrogens is 2. The van der Waals surface area contributed by atoms with E-state index < -0.39 is 0 Å². The molecule has 0 saturated heterocycles. The third-order valence-electron chi connectivity index (χ3n) is 1.34. The van der Waals surface area contributed by atoms with Crippen LogP contribution in [-0.4, -0.2) is 22.5 Å². The molecule has 0 unspecified atom stereocenters. The molecule has 14 heavy (non-hydrogen) atoms. The molecule has 0 spiro atoms. The van der Waals surface area contributed by atoms with E-state index in [2.05, 4.69) is 35.9 Å². The molecule has 78 valence electrons. The van der Waals surface area contributed by atoms with Gasteiger partial charge in [-0.05, 0) is 5.92 Å². The van der Waals surface area contributed by atoms with Crippen LogP contribution < -0.4 is 5.32 Å². The standard InChI is InChI=1S/C9H15N3S2/c1-4-5-10-8-11-12-9(14-8)13-6-7(2)3/h4,7H,1,5-6H2,2-3H3,(H,10,11). The third-order valence-corrected chi connectivity index (χ3v) is 3.79. The predicted octanol–water partition coefficient (Wildman–Crippen LogP) is 2.88. The zero-order valence-corrected chi connectivity index (χ0v) is 10.1. The lowest BCUT2D eigenvalue weighted by atomic mass is 10.3. The van der Waals surface area contributed by atoms with Gasteiger partial charge in [0.25, 0.3) is 0 Å². The highest BCUT2D eigenvalue weighted by Crippen LogP contribution is 2.26. The van der Waals surface area contributed by atoms with Crippen LogP contribution in [-0.2, 0) is 0 Å². The van der Waals surface area contributed by atoms with Crippen LogP contribution in [0.3, 0.4) is 0 Å². The molecule has 1 aromatic rings. The van der Waals surface area contributed by atoms with Crippen molar-refractivity contribution in [2.75, 3.05) is 17.6 Å². The van der Waals surface area contributed by atoms with E-state index in [9.17, 15) is 0 Å². The van der Waals surface area contributed by atoms with Crippen molar-refractivity contribution in [2.45, 2.75) is 18.2 Å². The first-order chi connectivity index (χ1) is 6.72. The quantitative estimate of drug-likeness (QED) is 0.601. The number of rotatable bonds is 6. The maximum absolute atomic E-state index is 4.08. The fourth-order valence-electron chi connectivity index (χ4n) is 0.737. The summed E-state index contributed by atoms with van der Waals surface area (Å²) in [5.41, 5.74) is 0. The van der Waals surface area contributed by atoms with E-state index in [0.717, 1.165) is 21.8 Å². The fourth-order valence-corrected chi connectivity index (χ4v) is 2.47. The molecular formula is C9H15N3S2. The number of nitrogens with zero attached hydrogens (tertiary/aromatic N) is 2. The Bertz CT molecular complexity index is 283. The van der Waals surface area contributed by atoms with Gasteiger partial charge in [-0.3, -0.25) is 0 Å². The molecule has 0 aliphatic rings.